The van der Waals surface area contributed by atoms with Crippen LogP contribution in [0.5, 0.6) is 5.75 Å². The molecule has 0 aromatic heterocycles. The molecule has 9 nitrogen and oxygen atoms in total. The van der Waals surface area contributed by atoms with Crippen LogP contribution in [0, 0.1) is 10.1 Å². The van der Waals surface area contributed by atoms with Gasteiger partial charge in [0.05, 0.1) is 28.8 Å². The molecule has 3 rings (SSSR count). The quantitative estimate of drug-likeness (QED) is 0.454. The molecule has 2 N–H and O–H groups in total. The van der Waals surface area contributed by atoms with E-state index in [-0.39, 0.29) is 29.2 Å². The number of phenols is 1. The fraction of sp³-hybridized carbons (Fsp3) is 0.200. The lowest BCUT2D eigenvalue weighted by atomic mass is 9.91. The molecule has 0 aliphatic carbocycles. The first-order valence-electron chi connectivity index (χ1n) is 8.83. The Labute approximate surface area is 166 Å². The van der Waals surface area contributed by atoms with Crippen molar-refractivity contribution < 1.29 is 24.4 Å². The minimum absolute atomic E-state index is 0.0251. The van der Waals surface area contributed by atoms with Crippen LogP contribution in [0.3, 0.4) is 0 Å². The summed E-state index contributed by atoms with van der Waals surface area (Å²) in [7, 11) is 1.50. The second-order valence-electron chi connectivity index (χ2n) is 6.29. The molecule has 9 heteroatoms. The number of nitrogens with zero attached hydrogens (tertiary/aromatic N) is 2. The number of nitrogens with one attached hydrogen (secondary N) is 1. The van der Waals surface area contributed by atoms with E-state index >= 15 is 0 Å². The first kappa shape index (κ1) is 19.9. The van der Waals surface area contributed by atoms with Gasteiger partial charge < -0.3 is 15.2 Å². The summed E-state index contributed by atoms with van der Waals surface area (Å²) in [5, 5.41) is 24.2. The Bertz CT molecular complexity index is 1000. The van der Waals surface area contributed by atoms with E-state index in [4.69, 9.17) is 4.74 Å². The summed E-state index contributed by atoms with van der Waals surface area (Å²) in [6, 6.07) is 10.5. The van der Waals surface area contributed by atoms with Crippen LogP contribution in [-0.4, -0.2) is 40.6 Å². The van der Waals surface area contributed by atoms with Crippen LogP contribution in [0.2, 0.25) is 0 Å². The van der Waals surface area contributed by atoms with Crippen molar-refractivity contribution in [2.75, 3.05) is 13.7 Å². The number of nitro groups is 1. The summed E-state index contributed by atoms with van der Waals surface area (Å²) in [6.45, 7) is 1.74. The van der Waals surface area contributed by atoms with Crippen molar-refractivity contribution in [3.63, 3.8) is 0 Å². The first-order chi connectivity index (χ1) is 13.8. The molecule has 29 heavy (non-hydrogen) atoms. The lowest BCUT2D eigenvalue weighted by Crippen LogP contribution is -2.46. The molecule has 2 aromatic rings. The zero-order valence-electron chi connectivity index (χ0n) is 15.8. The number of phenolic OH excluding ortho intramolecular Hbond substituents is 1. The van der Waals surface area contributed by atoms with Crippen molar-refractivity contribution in [2.45, 2.75) is 13.0 Å². The van der Waals surface area contributed by atoms with E-state index in [0.29, 0.717) is 11.3 Å². The van der Waals surface area contributed by atoms with Crippen molar-refractivity contribution in [1.82, 2.24) is 10.2 Å². The zero-order valence-corrected chi connectivity index (χ0v) is 15.8. The predicted molar refractivity (Wildman–Crippen MR) is 104 cm³/mol. The van der Waals surface area contributed by atoms with E-state index in [1.165, 1.54) is 11.9 Å². The highest BCUT2D eigenvalue weighted by Gasteiger charge is 2.39. The van der Waals surface area contributed by atoms with E-state index < -0.39 is 23.0 Å². The molecule has 2 aromatic carbocycles. The van der Waals surface area contributed by atoms with Crippen LogP contribution in [0.4, 0.5) is 10.5 Å². The van der Waals surface area contributed by atoms with Gasteiger partial charge in [-0.3, -0.25) is 15.0 Å². The van der Waals surface area contributed by atoms with Gasteiger partial charge in [0.15, 0.2) is 0 Å². The van der Waals surface area contributed by atoms with Crippen molar-refractivity contribution >= 4 is 23.4 Å². The third-order valence-corrected chi connectivity index (χ3v) is 4.53. The number of benzene rings is 2. The van der Waals surface area contributed by atoms with Gasteiger partial charge in [-0.1, -0.05) is 30.3 Å². The molecule has 0 unspecified atom stereocenters. The molecule has 1 aliphatic heterocycles. The van der Waals surface area contributed by atoms with Crippen LogP contribution >= 0.6 is 0 Å². The fourth-order valence-electron chi connectivity index (χ4n) is 3.20. The summed E-state index contributed by atoms with van der Waals surface area (Å²) in [5.74, 6) is -0.992. The summed E-state index contributed by atoms with van der Waals surface area (Å²) in [6.07, 6.45) is 0. The van der Waals surface area contributed by atoms with Gasteiger partial charge in [-0.25, -0.2) is 9.59 Å². The van der Waals surface area contributed by atoms with Gasteiger partial charge in [0.25, 0.3) is 5.69 Å². The van der Waals surface area contributed by atoms with Crippen LogP contribution in [0.25, 0.3) is 5.70 Å². The molecular formula is C20H19N3O6. The lowest BCUT2D eigenvalue weighted by molar-refractivity contribution is -0.385. The Balaban J connectivity index is 2.29. The summed E-state index contributed by atoms with van der Waals surface area (Å²) >= 11 is 0. The molecule has 0 bridgehead atoms. The van der Waals surface area contributed by atoms with E-state index in [0.717, 1.165) is 18.2 Å². The number of hydrogen-bond donors (Lipinski definition) is 2. The third-order valence-electron chi connectivity index (χ3n) is 4.53. The van der Waals surface area contributed by atoms with Gasteiger partial charge in [-0.2, -0.15) is 0 Å². The molecule has 150 valence electrons. The van der Waals surface area contributed by atoms with Crippen molar-refractivity contribution in [3.05, 3.63) is 75.3 Å². The topological polar surface area (TPSA) is 122 Å². The molecule has 0 fully saturated rings. The number of hydrogen-bond acceptors (Lipinski definition) is 6. The summed E-state index contributed by atoms with van der Waals surface area (Å²) in [5.41, 5.74) is 0.690. The first-order valence-corrected chi connectivity index (χ1v) is 8.83. The van der Waals surface area contributed by atoms with Crippen LogP contribution in [0.1, 0.15) is 24.1 Å². The largest absolute Gasteiger partial charge is 0.508 e. The Morgan fingerprint density at radius 2 is 1.97 bits per heavy atom. The number of amides is 2. The highest BCUT2D eigenvalue weighted by Crippen LogP contribution is 2.39. The maximum Gasteiger partial charge on any atom is 0.338 e. The lowest BCUT2D eigenvalue weighted by Gasteiger charge is -2.34. The molecule has 1 aliphatic rings. The summed E-state index contributed by atoms with van der Waals surface area (Å²) in [4.78, 5) is 37.3. The third kappa shape index (κ3) is 3.75. The number of non-ortho nitro benzene ring substituents is 1. The van der Waals surface area contributed by atoms with Crippen molar-refractivity contribution in [2.24, 2.45) is 0 Å². The van der Waals surface area contributed by atoms with Gasteiger partial charge in [-0.05, 0) is 18.6 Å². The average Bonchev–Trinajstić information content (AvgIpc) is 2.70. The van der Waals surface area contributed by atoms with E-state index in [2.05, 4.69) is 5.32 Å². The molecule has 0 radical (unpaired) electrons. The highest BCUT2D eigenvalue weighted by molar-refractivity contribution is 6.04. The normalized spacial score (nSPS) is 16.4. The van der Waals surface area contributed by atoms with Gasteiger partial charge in [0.2, 0.25) is 0 Å². The minimum Gasteiger partial charge on any atom is -0.508 e. The number of ether oxygens (including phenoxy) is 1. The average molecular weight is 397 g/mol. The Morgan fingerprint density at radius 3 is 2.59 bits per heavy atom. The molecule has 2 amide bonds. The molecule has 0 saturated heterocycles. The van der Waals surface area contributed by atoms with E-state index in [1.807, 2.05) is 0 Å². The Morgan fingerprint density at radius 1 is 1.28 bits per heavy atom. The number of esters is 1. The monoisotopic (exact) mass is 397 g/mol. The number of urea groups is 1. The Hall–Kier alpha value is -3.88. The maximum atomic E-state index is 12.9. The SMILES string of the molecule is CCOC(=O)C1=C(c2ccccc2)N(C)C(=O)N[C@@H]1c1cc([N+](=O)[O-])ccc1O. The molecule has 0 spiro atoms. The maximum absolute atomic E-state index is 12.9. The fourth-order valence-corrected chi connectivity index (χ4v) is 3.20. The van der Waals surface area contributed by atoms with Crippen LogP contribution < -0.4 is 5.32 Å². The van der Waals surface area contributed by atoms with Gasteiger partial charge in [0, 0.05) is 24.7 Å². The van der Waals surface area contributed by atoms with Gasteiger partial charge in [0.1, 0.15) is 5.75 Å². The standard InChI is InChI=1S/C20H19N3O6/c1-3-29-19(25)16-17(14-11-13(23(27)28)9-10-15(14)24)21-20(26)22(2)18(16)12-7-5-4-6-8-12/h4-11,17,24H,3H2,1-2H3,(H,21,26)/t17-/m1/s1. The van der Waals surface area contributed by atoms with Gasteiger partial charge >= 0.3 is 12.0 Å². The van der Waals surface area contributed by atoms with Crippen LogP contribution in [-0.2, 0) is 9.53 Å². The van der Waals surface area contributed by atoms with Gasteiger partial charge in [-0.15, -0.1) is 0 Å². The molecule has 1 heterocycles. The molecule has 1 atom stereocenters. The second-order valence-corrected chi connectivity index (χ2v) is 6.29. The number of nitro benzene ring substituents is 1. The van der Waals surface area contributed by atoms with E-state index in [9.17, 15) is 24.8 Å². The van der Waals surface area contributed by atoms with Crippen LogP contribution in [0.15, 0.2) is 54.1 Å². The molecular weight excluding hydrogens is 378 g/mol. The van der Waals surface area contributed by atoms with Crippen molar-refractivity contribution in [3.8, 4) is 5.75 Å². The minimum atomic E-state index is -1.13. The second kappa shape index (κ2) is 8.01. The van der Waals surface area contributed by atoms with E-state index in [1.54, 1.807) is 37.3 Å². The van der Waals surface area contributed by atoms with Crippen molar-refractivity contribution in [1.29, 1.82) is 0 Å². The Kier molecular flexibility index (Phi) is 5.49. The zero-order chi connectivity index (χ0) is 21.1. The number of carbonyl (C=O) groups is 2. The summed E-state index contributed by atoms with van der Waals surface area (Å²) < 4.78 is 5.20. The highest BCUT2D eigenvalue weighted by atomic mass is 16.6. The molecule has 0 saturated carbocycles. The smallest absolute Gasteiger partial charge is 0.338 e. The number of carbonyl (C=O) groups excluding carboxylic acids is 2. The number of aromatic hydroxyl groups is 1. The number of rotatable bonds is 5. The predicted octanol–water partition coefficient (Wildman–Crippen LogP) is 2.97.